The lowest BCUT2D eigenvalue weighted by Gasteiger charge is -2.07. The Kier molecular flexibility index (Phi) is 5.69. The van der Waals surface area contributed by atoms with Crippen molar-refractivity contribution in [3.05, 3.63) is 59.7 Å². The highest BCUT2D eigenvalue weighted by atomic mass is 19.1. The first kappa shape index (κ1) is 19.1. The predicted octanol–water partition coefficient (Wildman–Crippen LogP) is 3.91. The number of benzene rings is 2. The van der Waals surface area contributed by atoms with Crippen molar-refractivity contribution in [3.63, 3.8) is 0 Å². The zero-order chi connectivity index (χ0) is 20.1. The molecule has 1 aromatic heterocycles. The van der Waals surface area contributed by atoms with Crippen molar-refractivity contribution in [2.24, 2.45) is 0 Å². The molecule has 0 aliphatic carbocycles. The Bertz CT molecular complexity index is 1030. The Morgan fingerprint density at radius 2 is 1.96 bits per heavy atom. The van der Waals surface area contributed by atoms with Crippen LogP contribution in [0.4, 0.5) is 4.39 Å². The first-order valence-electron chi connectivity index (χ1n) is 8.24. The second-order valence-electron chi connectivity index (χ2n) is 5.79. The van der Waals surface area contributed by atoms with Crippen molar-refractivity contribution in [2.75, 3.05) is 14.2 Å². The smallest absolute Gasteiger partial charge is 0.308 e. The van der Waals surface area contributed by atoms with E-state index in [0.717, 1.165) is 0 Å². The van der Waals surface area contributed by atoms with E-state index in [0.29, 0.717) is 22.6 Å². The van der Waals surface area contributed by atoms with E-state index in [2.05, 4.69) is 10.1 Å². The Labute approximate surface area is 160 Å². The number of rotatable bonds is 7. The monoisotopic (exact) mass is 384 g/mol. The fourth-order valence-electron chi connectivity index (χ4n) is 2.60. The molecule has 0 unspecified atom stereocenters. The summed E-state index contributed by atoms with van der Waals surface area (Å²) in [6.45, 7) is 0. The van der Waals surface area contributed by atoms with Crippen molar-refractivity contribution in [2.45, 2.75) is 6.42 Å². The van der Waals surface area contributed by atoms with Gasteiger partial charge >= 0.3 is 5.97 Å². The lowest BCUT2D eigenvalue weighted by molar-refractivity contribution is -0.135. The molecule has 0 amide bonds. The van der Waals surface area contributed by atoms with Crippen molar-refractivity contribution in [1.82, 2.24) is 10.1 Å². The highest BCUT2D eigenvalue weighted by Crippen LogP contribution is 2.32. The summed E-state index contributed by atoms with van der Waals surface area (Å²) < 4.78 is 29.1. The van der Waals surface area contributed by atoms with Crippen LogP contribution in [-0.2, 0) is 4.79 Å². The summed E-state index contributed by atoms with van der Waals surface area (Å²) in [6, 6.07) is 10.9. The van der Waals surface area contributed by atoms with Crippen LogP contribution in [0.5, 0.6) is 11.5 Å². The number of methoxy groups -OCH3 is 2. The molecule has 0 saturated carbocycles. The van der Waals surface area contributed by atoms with Crippen molar-refractivity contribution < 1.29 is 28.3 Å². The van der Waals surface area contributed by atoms with Gasteiger partial charge in [-0.1, -0.05) is 17.3 Å². The number of hydrogen-bond donors (Lipinski definition) is 1. The quantitative estimate of drug-likeness (QED) is 0.660. The molecule has 0 saturated heterocycles. The molecule has 28 heavy (non-hydrogen) atoms. The first-order chi connectivity index (χ1) is 13.5. The second-order valence-corrected chi connectivity index (χ2v) is 5.79. The molecule has 0 atom stereocenters. The molecule has 0 aliphatic rings. The third kappa shape index (κ3) is 4.35. The molecule has 3 rings (SSSR count). The minimum Gasteiger partial charge on any atom is -0.493 e. The van der Waals surface area contributed by atoms with E-state index in [-0.39, 0.29) is 23.7 Å². The lowest BCUT2D eigenvalue weighted by atomic mass is 10.1. The van der Waals surface area contributed by atoms with E-state index in [1.165, 1.54) is 38.5 Å². The van der Waals surface area contributed by atoms with Gasteiger partial charge in [0, 0.05) is 11.1 Å². The molecule has 0 aliphatic heterocycles. The second kappa shape index (κ2) is 8.34. The maximum Gasteiger partial charge on any atom is 0.308 e. The largest absolute Gasteiger partial charge is 0.493 e. The standard InChI is InChI=1S/C20H17FN2O5/c1-26-16-7-6-13(10-17(16)27-2)19-22-20(28-23-19)14(11-18(24)25)8-12-4-3-5-15(21)9-12/h3-10H,11H2,1-2H3,(H,24,25)/b14-8+. The van der Waals surface area contributed by atoms with Gasteiger partial charge in [-0.05, 0) is 42.0 Å². The van der Waals surface area contributed by atoms with Crippen LogP contribution < -0.4 is 9.47 Å². The van der Waals surface area contributed by atoms with Crippen LogP contribution >= 0.6 is 0 Å². The van der Waals surface area contributed by atoms with Crippen molar-refractivity contribution in [3.8, 4) is 22.9 Å². The predicted molar refractivity (Wildman–Crippen MR) is 99.4 cm³/mol. The van der Waals surface area contributed by atoms with E-state index < -0.39 is 11.8 Å². The highest BCUT2D eigenvalue weighted by molar-refractivity contribution is 5.89. The highest BCUT2D eigenvalue weighted by Gasteiger charge is 2.17. The number of carboxylic acids is 1. The van der Waals surface area contributed by atoms with Crippen LogP contribution in [0.2, 0.25) is 0 Å². The summed E-state index contributed by atoms with van der Waals surface area (Å²) in [6.07, 6.45) is 1.15. The van der Waals surface area contributed by atoms with Gasteiger partial charge in [0.15, 0.2) is 11.5 Å². The zero-order valence-corrected chi connectivity index (χ0v) is 15.2. The molecule has 1 heterocycles. The maximum atomic E-state index is 13.4. The van der Waals surface area contributed by atoms with E-state index in [4.69, 9.17) is 14.0 Å². The van der Waals surface area contributed by atoms with E-state index in [1.807, 2.05) is 0 Å². The van der Waals surface area contributed by atoms with E-state index in [1.54, 1.807) is 24.3 Å². The zero-order valence-electron chi connectivity index (χ0n) is 15.2. The molecule has 0 fully saturated rings. The van der Waals surface area contributed by atoms with Crippen molar-refractivity contribution in [1.29, 1.82) is 0 Å². The molecular weight excluding hydrogens is 367 g/mol. The van der Waals surface area contributed by atoms with Crippen LogP contribution in [-0.4, -0.2) is 35.4 Å². The molecule has 7 nitrogen and oxygen atoms in total. The molecule has 0 spiro atoms. The fourth-order valence-corrected chi connectivity index (χ4v) is 2.60. The van der Waals surface area contributed by atoms with Gasteiger partial charge in [-0.3, -0.25) is 4.79 Å². The minimum atomic E-state index is -1.08. The molecule has 1 N–H and O–H groups in total. The summed E-state index contributed by atoms with van der Waals surface area (Å²) in [5.74, 6) is -0.170. The van der Waals surface area contributed by atoms with Gasteiger partial charge in [0.2, 0.25) is 5.82 Å². The van der Waals surface area contributed by atoms with Crippen molar-refractivity contribution >= 4 is 17.6 Å². The number of carbonyl (C=O) groups is 1. The SMILES string of the molecule is COc1ccc(-c2noc(/C(=C/c3cccc(F)c3)CC(=O)O)n2)cc1OC. The summed E-state index contributed by atoms with van der Waals surface area (Å²) in [5.41, 5.74) is 1.35. The Balaban J connectivity index is 1.98. The topological polar surface area (TPSA) is 94.7 Å². The Morgan fingerprint density at radius 3 is 2.64 bits per heavy atom. The summed E-state index contributed by atoms with van der Waals surface area (Å²) in [5, 5.41) is 13.1. The third-order valence-electron chi connectivity index (χ3n) is 3.87. The molecular formula is C20H17FN2O5. The van der Waals surface area contributed by atoms with Gasteiger partial charge in [-0.2, -0.15) is 4.98 Å². The third-order valence-corrected chi connectivity index (χ3v) is 3.87. The molecule has 0 bridgehead atoms. The first-order valence-corrected chi connectivity index (χ1v) is 8.24. The average Bonchev–Trinajstić information content (AvgIpc) is 3.17. The van der Waals surface area contributed by atoms with Crippen LogP contribution in [0.3, 0.4) is 0 Å². The Morgan fingerprint density at radius 1 is 1.18 bits per heavy atom. The number of aliphatic carboxylic acids is 1. The fraction of sp³-hybridized carbons (Fsp3) is 0.150. The number of ether oxygens (including phenoxy) is 2. The number of carboxylic acid groups (broad SMARTS) is 1. The molecule has 2 aromatic carbocycles. The van der Waals surface area contributed by atoms with Crippen LogP contribution in [0.1, 0.15) is 17.9 Å². The van der Waals surface area contributed by atoms with Crippen LogP contribution in [0.25, 0.3) is 23.0 Å². The normalized spacial score (nSPS) is 11.3. The van der Waals surface area contributed by atoms with Gasteiger partial charge in [0.25, 0.3) is 5.89 Å². The lowest BCUT2D eigenvalue weighted by Crippen LogP contribution is -1.98. The number of halogens is 1. The summed E-state index contributed by atoms with van der Waals surface area (Å²) >= 11 is 0. The number of aromatic nitrogens is 2. The van der Waals surface area contributed by atoms with Gasteiger partial charge in [0.05, 0.1) is 20.6 Å². The summed E-state index contributed by atoms with van der Waals surface area (Å²) in [4.78, 5) is 15.5. The van der Waals surface area contributed by atoms with Gasteiger partial charge < -0.3 is 19.1 Å². The van der Waals surface area contributed by atoms with E-state index >= 15 is 0 Å². The Hall–Kier alpha value is -3.68. The van der Waals surface area contributed by atoms with Crippen LogP contribution in [0.15, 0.2) is 47.0 Å². The molecule has 3 aromatic rings. The minimum absolute atomic E-state index is 0.0384. The molecule has 8 heteroatoms. The molecule has 144 valence electrons. The number of nitrogens with zero attached hydrogens (tertiary/aromatic N) is 2. The van der Waals surface area contributed by atoms with Gasteiger partial charge in [-0.25, -0.2) is 4.39 Å². The van der Waals surface area contributed by atoms with Gasteiger partial charge in [0.1, 0.15) is 5.82 Å². The maximum absolute atomic E-state index is 13.4. The van der Waals surface area contributed by atoms with Crippen LogP contribution in [0, 0.1) is 5.82 Å². The number of hydrogen-bond acceptors (Lipinski definition) is 6. The van der Waals surface area contributed by atoms with E-state index in [9.17, 15) is 14.3 Å². The summed E-state index contributed by atoms with van der Waals surface area (Å²) in [7, 11) is 3.04. The molecule has 0 radical (unpaired) electrons. The van der Waals surface area contributed by atoms with Gasteiger partial charge in [-0.15, -0.1) is 0 Å². The average molecular weight is 384 g/mol.